The lowest BCUT2D eigenvalue weighted by Gasteiger charge is -2.18. The van der Waals surface area contributed by atoms with Gasteiger partial charge in [0.15, 0.2) is 6.61 Å². The molecule has 0 radical (unpaired) electrons. The van der Waals surface area contributed by atoms with Crippen molar-refractivity contribution in [3.8, 4) is 5.75 Å². The maximum atomic E-state index is 12.2. The fourth-order valence-electron chi connectivity index (χ4n) is 2.38. The molecule has 0 aliphatic carbocycles. The number of hydrogen-bond acceptors (Lipinski definition) is 4. The Kier molecular flexibility index (Phi) is 5.33. The highest BCUT2D eigenvalue weighted by Crippen LogP contribution is 2.18. The Morgan fingerprint density at radius 1 is 1.21 bits per heavy atom. The first-order chi connectivity index (χ1) is 11.7. The molecule has 2 N–H and O–H groups in total. The van der Waals surface area contributed by atoms with Crippen molar-refractivity contribution >= 4 is 29.0 Å². The van der Waals surface area contributed by atoms with Crippen molar-refractivity contribution in [1.82, 2.24) is 5.32 Å². The number of anilines is 1. The van der Waals surface area contributed by atoms with E-state index in [4.69, 9.17) is 16.3 Å². The van der Waals surface area contributed by atoms with E-state index in [1.54, 1.807) is 24.3 Å². The molecule has 0 saturated carbocycles. The number of halogens is 1. The molecule has 2 aromatic rings. The van der Waals surface area contributed by atoms with Crippen molar-refractivity contribution in [2.45, 2.75) is 6.42 Å². The van der Waals surface area contributed by atoms with Crippen LogP contribution in [0.5, 0.6) is 5.75 Å². The highest BCUT2D eigenvalue weighted by atomic mass is 35.5. The van der Waals surface area contributed by atoms with Gasteiger partial charge < -0.3 is 15.4 Å². The molecule has 3 rings (SSSR count). The molecular weight excluding hydrogens is 326 g/mol. The monoisotopic (exact) mass is 343 g/mol. The fourth-order valence-corrected chi connectivity index (χ4v) is 2.50. The molecule has 1 heterocycles. The topological polar surface area (TPSA) is 62.7 Å². The van der Waals surface area contributed by atoms with E-state index in [2.05, 4.69) is 15.6 Å². The van der Waals surface area contributed by atoms with Crippen LogP contribution in [0.1, 0.15) is 12.0 Å². The maximum absolute atomic E-state index is 12.2. The normalized spacial score (nSPS) is 13.6. The van der Waals surface area contributed by atoms with Crippen molar-refractivity contribution in [2.75, 3.05) is 25.0 Å². The first-order valence-corrected chi connectivity index (χ1v) is 8.16. The molecule has 5 nitrogen and oxygen atoms in total. The molecule has 0 aromatic heterocycles. The highest BCUT2D eigenvalue weighted by molar-refractivity contribution is 6.30. The van der Waals surface area contributed by atoms with Gasteiger partial charge in [0, 0.05) is 23.7 Å². The number of amides is 1. The molecule has 0 atom stereocenters. The Morgan fingerprint density at radius 3 is 2.75 bits per heavy atom. The van der Waals surface area contributed by atoms with Crippen LogP contribution in [-0.2, 0) is 4.79 Å². The standard InChI is InChI=1S/C18H18ClN3O2/c19-13-6-8-14(9-7-13)24-12-17(23)22-16-5-2-1-4-15(16)18-20-10-3-11-21-18/h1-2,4-9H,3,10-12H2,(H,20,21)(H,22,23). The lowest BCUT2D eigenvalue weighted by atomic mass is 10.1. The summed E-state index contributed by atoms with van der Waals surface area (Å²) in [5.41, 5.74) is 1.60. The molecule has 0 fully saturated rings. The summed E-state index contributed by atoms with van der Waals surface area (Å²) < 4.78 is 5.46. The van der Waals surface area contributed by atoms with E-state index < -0.39 is 0 Å². The maximum Gasteiger partial charge on any atom is 0.262 e. The fraction of sp³-hybridized carbons (Fsp3) is 0.222. The van der Waals surface area contributed by atoms with Crippen LogP contribution in [0.15, 0.2) is 53.5 Å². The van der Waals surface area contributed by atoms with Crippen LogP contribution in [0, 0.1) is 0 Å². The number of carbonyl (C=O) groups is 1. The van der Waals surface area contributed by atoms with Gasteiger partial charge in [-0.25, -0.2) is 0 Å². The number of carbonyl (C=O) groups excluding carboxylic acids is 1. The Morgan fingerprint density at radius 2 is 2.00 bits per heavy atom. The van der Waals surface area contributed by atoms with Crippen LogP contribution in [0.3, 0.4) is 0 Å². The van der Waals surface area contributed by atoms with Gasteiger partial charge in [-0.3, -0.25) is 9.79 Å². The highest BCUT2D eigenvalue weighted by Gasteiger charge is 2.13. The number of nitrogens with one attached hydrogen (secondary N) is 2. The minimum Gasteiger partial charge on any atom is -0.484 e. The predicted octanol–water partition coefficient (Wildman–Crippen LogP) is 3.10. The number of rotatable bonds is 5. The average molecular weight is 344 g/mol. The van der Waals surface area contributed by atoms with Gasteiger partial charge in [0.25, 0.3) is 5.91 Å². The number of amidine groups is 1. The van der Waals surface area contributed by atoms with E-state index in [-0.39, 0.29) is 12.5 Å². The molecule has 6 heteroatoms. The van der Waals surface area contributed by atoms with Gasteiger partial charge in [-0.2, -0.15) is 0 Å². The smallest absolute Gasteiger partial charge is 0.262 e. The molecular formula is C18H18ClN3O2. The first kappa shape index (κ1) is 16.3. The second-order valence-corrected chi connectivity index (χ2v) is 5.78. The van der Waals surface area contributed by atoms with Gasteiger partial charge in [-0.1, -0.05) is 23.7 Å². The van der Waals surface area contributed by atoms with E-state index >= 15 is 0 Å². The number of para-hydroxylation sites is 1. The van der Waals surface area contributed by atoms with Crippen LogP contribution in [0.2, 0.25) is 5.02 Å². The van der Waals surface area contributed by atoms with Gasteiger partial charge in [0.05, 0.1) is 5.69 Å². The van der Waals surface area contributed by atoms with Crippen molar-refractivity contribution < 1.29 is 9.53 Å². The summed E-state index contributed by atoms with van der Waals surface area (Å²) in [4.78, 5) is 16.6. The van der Waals surface area contributed by atoms with Crippen molar-refractivity contribution in [3.63, 3.8) is 0 Å². The van der Waals surface area contributed by atoms with Gasteiger partial charge in [-0.05, 0) is 42.8 Å². The summed E-state index contributed by atoms with van der Waals surface area (Å²) in [6, 6.07) is 14.5. The largest absolute Gasteiger partial charge is 0.484 e. The third-order valence-corrected chi connectivity index (χ3v) is 3.79. The number of aliphatic imine (C=N–C) groups is 1. The SMILES string of the molecule is O=C(COc1ccc(Cl)cc1)Nc1ccccc1C1=NCCCN1. The van der Waals surface area contributed by atoms with Gasteiger partial charge in [0.2, 0.25) is 0 Å². The van der Waals surface area contributed by atoms with Gasteiger partial charge in [0.1, 0.15) is 11.6 Å². The molecule has 0 saturated heterocycles. The molecule has 2 aromatic carbocycles. The van der Waals surface area contributed by atoms with Crippen LogP contribution in [-0.4, -0.2) is 31.4 Å². The van der Waals surface area contributed by atoms with E-state index in [1.165, 1.54) is 0 Å². The van der Waals surface area contributed by atoms with Gasteiger partial charge in [-0.15, -0.1) is 0 Å². The Labute approximate surface area is 145 Å². The van der Waals surface area contributed by atoms with E-state index in [1.807, 2.05) is 24.3 Å². The lowest BCUT2D eigenvalue weighted by molar-refractivity contribution is -0.118. The zero-order valence-corrected chi connectivity index (χ0v) is 13.8. The Balaban J connectivity index is 1.64. The third-order valence-electron chi connectivity index (χ3n) is 3.54. The summed E-state index contributed by atoms with van der Waals surface area (Å²) in [5, 5.41) is 6.77. The van der Waals surface area contributed by atoms with Crippen molar-refractivity contribution in [2.24, 2.45) is 4.99 Å². The Bertz CT molecular complexity index is 744. The third kappa shape index (κ3) is 4.26. The first-order valence-electron chi connectivity index (χ1n) is 7.78. The minimum atomic E-state index is -0.228. The zero-order valence-electron chi connectivity index (χ0n) is 13.1. The van der Waals surface area contributed by atoms with E-state index in [9.17, 15) is 4.79 Å². The summed E-state index contributed by atoms with van der Waals surface area (Å²) >= 11 is 5.82. The Hall–Kier alpha value is -2.53. The molecule has 0 unspecified atom stereocenters. The molecule has 24 heavy (non-hydrogen) atoms. The molecule has 124 valence electrons. The van der Waals surface area contributed by atoms with Crippen LogP contribution in [0.4, 0.5) is 5.69 Å². The number of hydrogen-bond donors (Lipinski definition) is 2. The van der Waals surface area contributed by atoms with Crippen LogP contribution >= 0.6 is 11.6 Å². The molecule has 0 bridgehead atoms. The van der Waals surface area contributed by atoms with Crippen molar-refractivity contribution in [3.05, 3.63) is 59.1 Å². The van der Waals surface area contributed by atoms with Crippen molar-refractivity contribution in [1.29, 1.82) is 0 Å². The summed E-state index contributed by atoms with van der Waals surface area (Å²) in [5.74, 6) is 1.19. The molecule has 1 amide bonds. The van der Waals surface area contributed by atoms with Crippen LogP contribution in [0.25, 0.3) is 0 Å². The minimum absolute atomic E-state index is 0.0735. The molecule has 1 aliphatic rings. The summed E-state index contributed by atoms with van der Waals surface area (Å²) in [6.07, 6.45) is 1.02. The number of benzene rings is 2. The lowest BCUT2D eigenvalue weighted by Crippen LogP contribution is -2.31. The molecule has 1 aliphatic heterocycles. The van der Waals surface area contributed by atoms with E-state index in [0.717, 1.165) is 36.6 Å². The summed E-state index contributed by atoms with van der Waals surface area (Å²) in [7, 11) is 0. The zero-order chi connectivity index (χ0) is 16.8. The van der Waals surface area contributed by atoms with E-state index in [0.29, 0.717) is 10.8 Å². The molecule has 0 spiro atoms. The number of ether oxygens (including phenoxy) is 1. The van der Waals surface area contributed by atoms with Gasteiger partial charge >= 0.3 is 0 Å². The quantitative estimate of drug-likeness (QED) is 0.877. The number of nitrogens with zero attached hydrogens (tertiary/aromatic N) is 1. The average Bonchev–Trinajstić information content (AvgIpc) is 2.62. The second kappa shape index (κ2) is 7.84. The second-order valence-electron chi connectivity index (χ2n) is 5.35. The predicted molar refractivity (Wildman–Crippen MR) is 96.0 cm³/mol. The van der Waals surface area contributed by atoms with Crippen LogP contribution < -0.4 is 15.4 Å². The summed E-state index contributed by atoms with van der Waals surface area (Å²) in [6.45, 7) is 1.61.